The monoisotopic (exact) mass is 270 g/mol. The van der Waals surface area contributed by atoms with Crippen LogP contribution in [-0.2, 0) is 6.54 Å². The van der Waals surface area contributed by atoms with Gasteiger partial charge in [-0.15, -0.1) is 11.3 Å². The van der Waals surface area contributed by atoms with Gasteiger partial charge in [0.2, 0.25) is 0 Å². The Bertz CT molecular complexity index is 403. The molecule has 14 heavy (non-hydrogen) atoms. The summed E-state index contributed by atoms with van der Waals surface area (Å²) < 4.78 is 0.858. The number of aromatic nitrogens is 3. The molecule has 0 aromatic carbocycles. The van der Waals surface area contributed by atoms with E-state index in [4.69, 9.17) is 0 Å². The summed E-state index contributed by atoms with van der Waals surface area (Å²) in [7, 11) is 0. The Morgan fingerprint density at radius 2 is 2.36 bits per heavy atom. The number of hydrogen-bond donors (Lipinski definition) is 1. The minimum atomic E-state index is 0.688. The maximum absolute atomic E-state index is 4.16. The highest BCUT2D eigenvalue weighted by Crippen LogP contribution is 2.18. The Morgan fingerprint density at radius 3 is 3.07 bits per heavy atom. The number of anilines is 1. The van der Waals surface area contributed by atoms with Gasteiger partial charge in [0.1, 0.15) is 17.2 Å². The first-order valence-electron chi connectivity index (χ1n) is 3.94. The second-order valence-electron chi connectivity index (χ2n) is 2.50. The van der Waals surface area contributed by atoms with Crippen molar-refractivity contribution < 1.29 is 0 Å². The lowest BCUT2D eigenvalue weighted by Crippen LogP contribution is -2.01. The molecular weight excluding hydrogens is 264 g/mol. The number of hydrogen-bond acceptors (Lipinski definition) is 5. The molecule has 0 aliphatic rings. The lowest BCUT2D eigenvalue weighted by Gasteiger charge is -2.03. The first kappa shape index (κ1) is 9.54. The fourth-order valence-corrected chi connectivity index (χ4v) is 1.86. The van der Waals surface area contributed by atoms with Crippen molar-refractivity contribution in [3.05, 3.63) is 33.6 Å². The van der Waals surface area contributed by atoms with Crippen LogP contribution in [0.5, 0.6) is 0 Å². The van der Waals surface area contributed by atoms with Crippen LogP contribution in [0.15, 0.2) is 28.6 Å². The highest BCUT2D eigenvalue weighted by atomic mass is 79.9. The minimum Gasteiger partial charge on any atom is -0.363 e. The molecule has 0 fully saturated rings. The Kier molecular flexibility index (Phi) is 3.05. The minimum absolute atomic E-state index is 0.688. The predicted molar refractivity (Wildman–Crippen MR) is 59.2 cm³/mol. The van der Waals surface area contributed by atoms with Crippen molar-refractivity contribution in [1.29, 1.82) is 0 Å². The van der Waals surface area contributed by atoms with E-state index in [9.17, 15) is 0 Å². The molecule has 0 saturated heterocycles. The lowest BCUT2D eigenvalue weighted by atomic mass is 10.5. The van der Waals surface area contributed by atoms with Crippen LogP contribution in [0.25, 0.3) is 0 Å². The summed E-state index contributed by atoms with van der Waals surface area (Å²) in [5, 5.41) is 6.15. The van der Waals surface area contributed by atoms with Gasteiger partial charge in [0.15, 0.2) is 0 Å². The Balaban J connectivity index is 2.02. The zero-order chi connectivity index (χ0) is 9.80. The third-order valence-electron chi connectivity index (χ3n) is 1.56. The lowest BCUT2D eigenvalue weighted by molar-refractivity contribution is 1.05. The van der Waals surface area contributed by atoms with Crippen LogP contribution in [0, 0.1) is 0 Å². The van der Waals surface area contributed by atoms with Gasteiger partial charge in [-0.2, -0.15) is 0 Å². The molecule has 2 heterocycles. The van der Waals surface area contributed by atoms with Crippen LogP contribution < -0.4 is 5.32 Å². The Morgan fingerprint density at radius 1 is 1.43 bits per heavy atom. The molecule has 2 aromatic heterocycles. The van der Waals surface area contributed by atoms with E-state index in [1.165, 1.54) is 6.33 Å². The maximum Gasteiger partial charge on any atom is 0.144 e. The van der Waals surface area contributed by atoms with Crippen LogP contribution in [0.2, 0.25) is 0 Å². The van der Waals surface area contributed by atoms with Gasteiger partial charge in [-0.05, 0) is 15.9 Å². The molecule has 6 heteroatoms. The second kappa shape index (κ2) is 4.47. The van der Waals surface area contributed by atoms with Gasteiger partial charge in [0.05, 0.1) is 11.0 Å². The first-order chi connectivity index (χ1) is 6.86. The quantitative estimate of drug-likeness (QED) is 0.930. The fraction of sp³-hybridized carbons (Fsp3) is 0.125. The Labute approximate surface area is 93.6 Å². The van der Waals surface area contributed by atoms with Crippen molar-refractivity contribution >= 4 is 33.1 Å². The summed E-state index contributed by atoms with van der Waals surface area (Å²) in [5.74, 6) is 0.787. The molecule has 0 amide bonds. The number of thiazole rings is 1. The van der Waals surface area contributed by atoms with Crippen LogP contribution >= 0.6 is 27.3 Å². The van der Waals surface area contributed by atoms with Crippen molar-refractivity contribution in [3.63, 3.8) is 0 Å². The molecule has 4 nitrogen and oxygen atoms in total. The molecule has 0 aliphatic heterocycles. The van der Waals surface area contributed by atoms with Gasteiger partial charge >= 0.3 is 0 Å². The number of nitrogens with zero attached hydrogens (tertiary/aromatic N) is 3. The van der Waals surface area contributed by atoms with Crippen LogP contribution in [0.3, 0.4) is 0 Å². The smallest absolute Gasteiger partial charge is 0.144 e. The molecule has 0 unspecified atom stereocenters. The molecule has 72 valence electrons. The zero-order valence-corrected chi connectivity index (χ0v) is 9.55. The van der Waals surface area contributed by atoms with E-state index >= 15 is 0 Å². The number of halogens is 1. The molecule has 2 aromatic rings. The van der Waals surface area contributed by atoms with Gasteiger partial charge in [-0.3, -0.25) is 0 Å². The first-order valence-corrected chi connectivity index (χ1v) is 5.61. The third-order valence-corrected chi connectivity index (χ3v) is 2.92. The van der Waals surface area contributed by atoms with Gasteiger partial charge in [-0.1, -0.05) is 0 Å². The predicted octanol–water partition coefficient (Wildman–Crippen LogP) is 2.31. The average molecular weight is 271 g/mol. The second-order valence-corrected chi connectivity index (χ2v) is 4.33. The van der Waals surface area contributed by atoms with E-state index in [-0.39, 0.29) is 0 Å². The molecule has 0 radical (unpaired) electrons. The molecule has 0 aliphatic carbocycles. The highest BCUT2D eigenvalue weighted by Gasteiger charge is 2.00. The van der Waals surface area contributed by atoms with Crippen molar-refractivity contribution in [2.75, 3.05) is 5.32 Å². The van der Waals surface area contributed by atoms with E-state index in [0.29, 0.717) is 6.54 Å². The van der Waals surface area contributed by atoms with Crippen molar-refractivity contribution in [1.82, 2.24) is 15.0 Å². The molecule has 0 saturated carbocycles. The van der Waals surface area contributed by atoms with Crippen molar-refractivity contribution in [3.8, 4) is 0 Å². The van der Waals surface area contributed by atoms with Gasteiger partial charge in [0.25, 0.3) is 0 Å². The number of rotatable bonds is 3. The largest absolute Gasteiger partial charge is 0.363 e. The van der Waals surface area contributed by atoms with Gasteiger partial charge < -0.3 is 5.32 Å². The molecule has 2 rings (SSSR count). The van der Waals surface area contributed by atoms with E-state index in [0.717, 1.165) is 15.3 Å². The van der Waals surface area contributed by atoms with E-state index < -0.39 is 0 Å². The number of nitrogens with one attached hydrogen (secondary N) is 1. The third kappa shape index (κ3) is 2.27. The summed E-state index contributed by atoms with van der Waals surface area (Å²) >= 11 is 4.97. The summed E-state index contributed by atoms with van der Waals surface area (Å²) in [6.45, 7) is 0.688. The van der Waals surface area contributed by atoms with Crippen molar-refractivity contribution in [2.24, 2.45) is 0 Å². The maximum atomic E-state index is 4.16. The summed E-state index contributed by atoms with van der Waals surface area (Å²) in [6, 6.07) is 0. The summed E-state index contributed by atoms with van der Waals surface area (Å²) in [5.41, 5.74) is 0. The standard InChI is InChI=1S/C8H7BrN4S/c9-6-3-10-5-13-8(6)12-4-7-11-1-2-14-7/h1-3,5H,4H2,(H,10,12,13). The molecule has 1 N–H and O–H groups in total. The van der Waals surface area contributed by atoms with E-state index in [1.54, 1.807) is 23.7 Å². The Hall–Kier alpha value is -1.01. The zero-order valence-electron chi connectivity index (χ0n) is 7.14. The van der Waals surface area contributed by atoms with E-state index in [2.05, 4.69) is 36.2 Å². The van der Waals surface area contributed by atoms with E-state index in [1.807, 2.05) is 5.38 Å². The normalized spacial score (nSPS) is 10.1. The molecular formula is C8H7BrN4S. The topological polar surface area (TPSA) is 50.7 Å². The molecule has 0 atom stereocenters. The highest BCUT2D eigenvalue weighted by molar-refractivity contribution is 9.10. The fourth-order valence-electron chi connectivity index (χ4n) is 0.942. The van der Waals surface area contributed by atoms with Gasteiger partial charge in [0, 0.05) is 17.8 Å². The van der Waals surface area contributed by atoms with Crippen molar-refractivity contribution in [2.45, 2.75) is 6.54 Å². The van der Waals surface area contributed by atoms with Gasteiger partial charge in [-0.25, -0.2) is 15.0 Å². The summed E-state index contributed by atoms with van der Waals surface area (Å²) in [4.78, 5) is 12.1. The van der Waals surface area contributed by atoms with Crippen LogP contribution in [0.1, 0.15) is 5.01 Å². The molecule has 0 spiro atoms. The van der Waals surface area contributed by atoms with Crippen LogP contribution in [0.4, 0.5) is 5.82 Å². The molecule has 0 bridgehead atoms. The summed E-state index contributed by atoms with van der Waals surface area (Å²) in [6.07, 6.45) is 5.00. The average Bonchev–Trinajstić information content (AvgIpc) is 2.69. The van der Waals surface area contributed by atoms with Crippen LogP contribution in [-0.4, -0.2) is 15.0 Å². The SMILES string of the molecule is Brc1cncnc1NCc1nccs1.